The van der Waals surface area contributed by atoms with Gasteiger partial charge in [-0.05, 0) is 44.1 Å². The van der Waals surface area contributed by atoms with Crippen LogP contribution >= 0.6 is 24.8 Å². The molecule has 2 aromatic heterocycles. The third-order valence-corrected chi connectivity index (χ3v) is 6.41. The second-order valence-corrected chi connectivity index (χ2v) is 8.19. The molecule has 2 aliphatic heterocycles. The smallest absolute Gasteiger partial charge is 0.336 e. The molecule has 0 bridgehead atoms. The molecule has 0 unspecified atom stereocenters. The van der Waals surface area contributed by atoms with Crippen molar-refractivity contribution in [1.82, 2.24) is 19.4 Å². The maximum atomic E-state index is 14.0. The van der Waals surface area contributed by atoms with Crippen molar-refractivity contribution in [3.8, 4) is 22.9 Å². The molecule has 1 saturated heterocycles. The summed E-state index contributed by atoms with van der Waals surface area (Å²) in [5.41, 5.74) is 0.849. The molecular formula is C24H24Cl2N4O5. The SMILES string of the molecule is COc1cccc2c1ncc1c(=O)n(-c3ccc4c(c3)OCO4)c(=O)n(C3CCNCC3)c12.Cl.Cl. The zero-order valence-electron chi connectivity index (χ0n) is 18.9. The maximum Gasteiger partial charge on any atom is 0.336 e. The third kappa shape index (κ3) is 3.89. The maximum absolute atomic E-state index is 14.0. The number of fused-ring (bicyclic) bond motifs is 4. The van der Waals surface area contributed by atoms with Crippen LogP contribution in [-0.2, 0) is 0 Å². The van der Waals surface area contributed by atoms with Crippen LogP contribution in [0.2, 0.25) is 0 Å². The lowest BCUT2D eigenvalue weighted by molar-refractivity contribution is 0.174. The highest BCUT2D eigenvalue weighted by Crippen LogP contribution is 2.34. The quantitative estimate of drug-likeness (QED) is 0.416. The van der Waals surface area contributed by atoms with Crippen LogP contribution in [0.15, 0.2) is 52.2 Å². The van der Waals surface area contributed by atoms with Crippen molar-refractivity contribution in [3.05, 3.63) is 63.4 Å². The molecule has 0 amide bonds. The Balaban J connectivity index is 0.00000144. The second kappa shape index (κ2) is 9.77. The summed E-state index contributed by atoms with van der Waals surface area (Å²) in [6.07, 6.45) is 3.10. The van der Waals surface area contributed by atoms with Gasteiger partial charge in [0, 0.05) is 23.7 Å². The van der Waals surface area contributed by atoms with Crippen LogP contribution in [-0.4, -0.2) is 41.1 Å². The van der Waals surface area contributed by atoms with Crippen molar-refractivity contribution in [2.45, 2.75) is 18.9 Å². The first kappa shape index (κ1) is 24.8. The van der Waals surface area contributed by atoms with E-state index in [1.165, 1.54) is 4.57 Å². The van der Waals surface area contributed by atoms with Crippen LogP contribution in [0.25, 0.3) is 27.5 Å². The number of nitrogens with one attached hydrogen (secondary N) is 1. The number of pyridine rings is 1. The Hall–Kier alpha value is -3.27. The summed E-state index contributed by atoms with van der Waals surface area (Å²) in [6.45, 7) is 1.71. The average Bonchev–Trinajstić information content (AvgIpc) is 3.32. The first-order chi connectivity index (χ1) is 16.2. The molecule has 2 aromatic carbocycles. The highest BCUT2D eigenvalue weighted by molar-refractivity contribution is 6.05. The summed E-state index contributed by atoms with van der Waals surface area (Å²) >= 11 is 0. The van der Waals surface area contributed by atoms with Crippen LogP contribution in [0, 0.1) is 0 Å². The van der Waals surface area contributed by atoms with E-state index in [-0.39, 0.29) is 43.3 Å². The summed E-state index contributed by atoms with van der Waals surface area (Å²) < 4.78 is 19.3. The molecule has 1 N–H and O–H groups in total. The van der Waals surface area contributed by atoms with E-state index < -0.39 is 5.56 Å². The summed E-state index contributed by atoms with van der Waals surface area (Å²) in [5, 5.41) is 4.45. The molecular weight excluding hydrogens is 495 g/mol. The number of hydrogen-bond acceptors (Lipinski definition) is 7. The Kier molecular flexibility index (Phi) is 6.93. The Bertz CT molecular complexity index is 1530. The molecule has 6 rings (SSSR count). The lowest BCUT2D eigenvalue weighted by Crippen LogP contribution is -2.43. The zero-order valence-corrected chi connectivity index (χ0v) is 20.5. The number of ether oxygens (including phenoxy) is 3. The van der Waals surface area contributed by atoms with E-state index in [0.29, 0.717) is 39.4 Å². The monoisotopic (exact) mass is 518 g/mol. The van der Waals surface area contributed by atoms with E-state index in [1.54, 1.807) is 36.1 Å². The van der Waals surface area contributed by atoms with Gasteiger partial charge in [0.05, 0.1) is 23.7 Å². The zero-order chi connectivity index (χ0) is 22.5. The van der Waals surface area contributed by atoms with Crippen LogP contribution in [0.1, 0.15) is 18.9 Å². The van der Waals surface area contributed by atoms with Crippen molar-refractivity contribution in [1.29, 1.82) is 0 Å². The number of benzene rings is 2. The van der Waals surface area contributed by atoms with Gasteiger partial charge in [0.2, 0.25) is 6.79 Å². The second-order valence-electron chi connectivity index (χ2n) is 8.19. The van der Waals surface area contributed by atoms with Crippen molar-refractivity contribution < 1.29 is 14.2 Å². The van der Waals surface area contributed by atoms with Crippen molar-refractivity contribution in [3.63, 3.8) is 0 Å². The number of para-hydroxylation sites is 1. The van der Waals surface area contributed by atoms with E-state index in [9.17, 15) is 9.59 Å². The fourth-order valence-electron chi connectivity index (χ4n) is 4.83. The minimum Gasteiger partial charge on any atom is -0.494 e. The number of rotatable bonds is 3. The van der Waals surface area contributed by atoms with Gasteiger partial charge in [-0.1, -0.05) is 12.1 Å². The lowest BCUT2D eigenvalue weighted by Gasteiger charge is -2.27. The summed E-state index contributed by atoms with van der Waals surface area (Å²) in [5.74, 6) is 1.69. The molecule has 4 heterocycles. The van der Waals surface area contributed by atoms with E-state index in [0.717, 1.165) is 31.3 Å². The van der Waals surface area contributed by atoms with Gasteiger partial charge in [0.25, 0.3) is 5.56 Å². The Morgan fingerprint density at radius 1 is 1.03 bits per heavy atom. The van der Waals surface area contributed by atoms with Crippen molar-refractivity contribution >= 4 is 46.6 Å². The summed E-state index contributed by atoms with van der Waals surface area (Å²) in [7, 11) is 1.58. The van der Waals surface area contributed by atoms with Gasteiger partial charge in [-0.25, -0.2) is 9.36 Å². The predicted molar refractivity (Wildman–Crippen MR) is 137 cm³/mol. The molecule has 0 saturated carbocycles. The molecule has 0 atom stereocenters. The molecule has 9 nitrogen and oxygen atoms in total. The van der Waals surface area contributed by atoms with Gasteiger partial charge >= 0.3 is 5.69 Å². The van der Waals surface area contributed by atoms with Gasteiger partial charge < -0.3 is 19.5 Å². The Morgan fingerprint density at radius 3 is 2.57 bits per heavy atom. The normalized spacial score (nSPS) is 15.0. The van der Waals surface area contributed by atoms with Crippen LogP contribution in [0.4, 0.5) is 0 Å². The van der Waals surface area contributed by atoms with Crippen molar-refractivity contribution in [2.24, 2.45) is 0 Å². The summed E-state index contributed by atoms with van der Waals surface area (Å²) in [6, 6.07) is 10.6. The molecule has 0 radical (unpaired) electrons. The van der Waals surface area contributed by atoms with Gasteiger partial charge in [-0.3, -0.25) is 14.3 Å². The van der Waals surface area contributed by atoms with E-state index in [2.05, 4.69) is 10.3 Å². The highest BCUT2D eigenvalue weighted by atomic mass is 35.5. The minimum absolute atomic E-state index is 0. The third-order valence-electron chi connectivity index (χ3n) is 6.41. The Morgan fingerprint density at radius 2 is 1.80 bits per heavy atom. The van der Waals surface area contributed by atoms with Gasteiger partial charge in [0.1, 0.15) is 11.3 Å². The fraction of sp³-hybridized carbons (Fsp3) is 0.292. The van der Waals surface area contributed by atoms with Crippen LogP contribution in [0.5, 0.6) is 17.2 Å². The largest absolute Gasteiger partial charge is 0.494 e. The topological polar surface area (TPSA) is 96.6 Å². The Labute approximate surface area is 212 Å². The minimum atomic E-state index is -0.420. The molecule has 2 aliphatic rings. The standard InChI is InChI=1S/C24H22N4O5.2ClH/c1-31-19-4-2-3-16-21(19)26-12-17-22(16)27(14-7-9-25-10-8-14)24(30)28(23(17)29)15-5-6-18-20(11-15)33-13-32-18;;/h2-6,11-12,14,25H,7-10,13H2,1H3;2*1H. The van der Waals surface area contributed by atoms with Gasteiger partial charge in [-0.15, -0.1) is 24.8 Å². The van der Waals surface area contributed by atoms with E-state index >= 15 is 0 Å². The van der Waals surface area contributed by atoms with Crippen LogP contribution in [0.3, 0.4) is 0 Å². The highest BCUT2D eigenvalue weighted by Gasteiger charge is 2.25. The van der Waals surface area contributed by atoms with Gasteiger partial charge in [-0.2, -0.15) is 0 Å². The van der Waals surface area contributed by atoms with Gasteiger partial charge in [0.15, 0.2) is 11.5 Å². The van der Waals surface area contributed by atoms with E-state index in [1.807, 2.05) is 18.2 Å². The first-order valence-corrected chi connectivity index (χ1v) is 10.9. The molecule has 0 aliphatic carbocycles. The average molecular weight is 519 g/mol. The molecule has 0 spiro atoms. The number of hydrogen-bond donors (Lipinski definition) is 1. The fourth-order valence-corrected chi connectivity index (χ4v) is 4.83. The van der Waals surface area contributed by atoms with Crippen LogP contribution < -0.4 is 30.8 Å². The number of halogens is 2. The van der Waals surface area contributed by atoms with Crippen molar-refractivity contribution in [2.75, 3.05) is 27.0 Å². The number of nitrogens with zero attached hydrogens (tertiary/aromatic N) is 3. The first-order valence-electron chi connectivity index (χ1n) is 10.9. The predicted octanol–water partition coefficient (Wildman–Crippen LogP) is 3.21. The van der Waals surface area contributed by atoms with E-state index in [4.69, 9.17) is 14.2 Å². The number of aromatic nitrogens is 3. The molecule has 4 aromatic rings. The molecule has 184 valence electrons. The number of piperidine rings is 1. The lowest BCUT2D eigenvalue weighted by atomic mass is 10.0. The number of methoxy groups -OCH3 is 1. The summed E-state index contributed by atoms with van der Waals surface area (Å²) in [4.78, 5) is 32.2. The molecule has 1 fully saturated rings. The molecule has 11 heteroatoms. The molecule has 35 heavy (non-hydrogen) atoms.